The second-order valence-corrected chi connectivity index (χ2v) is 11.2. The van der Waals surface area contributed by atoms with Gasteiger partial charge < -0.3 is 14.5 Å². The first-order chi connectivity index (χ1) is 20.1. The molecule has 0 aliphatic carbocycles. The van der Waals surface area contributed by atoms with Crippen LogP contribution < -0.4 is 4.74 Å². The number of aryl methyl sites for hydroxylation is 1. The average Bonchev–Trinajstić information content (AvgIpc) is 3.02. The zero-order chi connectivity index (χ0) is 29.3. The number of nitrogens with zero attached hydrogens (tertiary/aromatic N) is 2. The summed E-state index contributed by atoms with van der Waals surface area (Å²) in [6.07, 6.45) is 10.6. The van der Waals surface area contributed by atoms with Crippen LogP contribution in [0.5, 0.6) is 5.75 Å². The molecule has 3 rings (SSSR count). The number of carbonyl (C=O) groups excluding carboxylic acids is 1. The van der Waals surface area contributed by atoms with Gasteiger partial charge >= 0.3 is 0 Å². The summed E-state index contributed by atoms with van der Waals surface area (Å²) in [6.45, 7) is 11.5. The van der Waals surface area contributed by atoms with Crippen LogP contribution in [0.3, 0.4) is 0 Å². The van der Waals surface area contributed by atoms with Gasteiger partial charge in [0, 0.05) is 18.7 Å². The summed E-state index contributed by atoms with van der Waals surface area (Å²) in [5.74, 6) is 0.981. The molecule has 0 N–H and O–H groups in total. The van der Waals surface area contributed by atoms with Crippen molar-refractivity contribution < 1.29 is 9.53 Å². The fourth-order valence-electron chi connectivity index (χ4n) is 5.22. The Bertz CT molecular complexity index is 1120. The van der Waals surface area contributed by atoms with Crippen LogP contribution in [-0.4, -0.2) is 49.0 Å². The molecule has 0 saturated carbocycles. The van der Waals surface area contributed by atoms with Gasteiger partial charge in [-0.25, -0.2) is 0 Å². The maximum Gasteiger partial charge on any atom is 0.254 e. The molecule has 0 aliphatic rings. The van der Waals surface area contributed by atoms with Crippen LogP contribution in [0.1, 0.15) is 93.6 Å². The lowest BCUT2D eigenvalue weighted by Crippen LogP contribution is -2.34. The van der Waals surface area contributed by atoms with Gasteiger partial charge in [-0.3, -0.25) is 4.79 Å². The number of hydrogen-bond donors (Lipinski definition) is 0. The van der Waals surface area contributed by atoms with Gasteiger partial charge in [0.2, 0.25) is 0 Å². The van der Waals surface area contributed by atoms with Crippen molar-refractivity contribution in [1.29, 1.82) is 0 Å². The van der Waals surface area contributed by atoms with E-state index < -0.39 is 0 Å². The van der Waals surface area contributed by atoms with Crippen molar-refractivity contribution in [1.82, 2.24) is 9.80 Å². The monoisotopic (exact) mass is 556 g/mol. The SMILES string of the molecule is CCCCCc1ccc(C(=O)N(CCCN(CCCC)CCCC)Cc2ccc(-c3ccc(OC)cc3)cc2)cc1. The molecule has 0 heterocycles. The number of amides is 1. The Kier molecular flexibility index (Phi) is 14.5. The minimum atomic E-state index is 0.123. The van der Waals surface area contributed by atoms with Gasteiger partial charge in [-0.05, 0) is 98.3 Å². The lowest BCUT2D eigenvalue weighted by atomic mass is 10.0. The molecular weight excluding hydrogens is 504 g/mol. The molecule has 0 radical (unpaired) electrons. The summed E-state index contributed by atoms with van der Waals surface area (Å²) >= 11 is 0. The standard InChI is InChI=1S/C37H52N2O2/c1-5-8-11-13-31-14-20-35(21-15-31)37(40)39(29-12-28-38(26-9-6-2)27-10-7-3)30-32-16-18-33(19-17-32)34-22-24-36(41-4)25-23-34/h14-25H,5-13,26-30H2,1-4H3. The summed E-state index contributed by atoms with van der Waals surface area (Å²) in [5.41, 5.74) is 5.57. The topological polar surface area (TPSA) is 32.8 Å². The average molecular weight is 557 g/mol. The highest BCUT2D eigenvalue weighted by Crippen LogP contribution is 2.23. The van der Waals surface area contributed by atoms with Gasteiger partial charge in [0.05, 0.1) is 7.11 Å². The Hall–Kier alpha value is -3.11. The predicted molar refractivity (Wildman–Crippen MR) is 174 cm³/mol. The van der Waals surface area contributed by atoms with Crippen molar-refractivity contribution in [3.8, 4) is 16.9 Å². The van der Waals surface area contributed by atoms with Crippen molar-refractivity contribution in [2.45, 2.75) is 85.1 Å². The van der Waals surface area contributed by atoms with Gasteiger partial charge in [-0.15, -0.1) is 0 Å². The molecule has 3 aromatic carbocycles. The third kappa shape index (κ3) is 11.0. The van der Waals surface area contributed by atoms with E-state index in [1.54, 1.807) is 7.11 Å². The number of rotatable bonds is 19. The number of benzene rings is 3. The molecule has 0 bridgehead atoms. The minimum absolute atomic E-state index is 0.123. The van der Waals surface area contributed by atoms with E-state index in [0.717, 1.165) is 67.0 Å². The van der Waals surface area contributed by atoms with E-state index in [-0.39, 0.29) is 5.91 Å². The van der Waals surface area contributed by atoms with Gasteiger partial charge in [-0.1, -0.05) is 95.0 Å². The smallest absolute Gasteiger partial charge is 0.254 e. The van der Waals surface area contributed by atoms with E-state index in [2.05, 4.69) is 74.2 Å². The number of ether oxygens (including phenoxy) is 1. The first-order valence-electron chi connectivity index (χ1n) is 15.9. The van der Waals surface area contributed by atoms with Crippen molar-refractivity contribution >= 4 is 5.91 Å². The summed E-state index contributed by atoms with van der Waals surface area (Å²) in [4.78, 5) is 18.4. The van der Waals surface area contributed by atoms with Gasteiger partial charge in [0.1, 0.15) is 5.75 Å². The zero-order valence-corrected chi connectivity index (χ0v) is 26.0. The summed E-state index contributed by atoms with van der Waals surface area (Å²) in [7, 11) is 1.69. The highest BCUT2D eigenvalue weighted by Gasteiger charge is 2.17. The fraction of sp³-hybridized carbons (Fsp3) is 0.486. The molecule has 0 saturated heterocycles. The normalized spacial score (nSPS) is 11.1. The maximum absolute atomic E-state index is 13.8. The van der Waals surface area contributed by atoms with Crippen LogP contribution in [0.2, 0.25) is 0 Å². The van der Waals surface area contributed by atoms with Crippen LogP contribution in [0, 0.1) is 0 Å². The molecule has 0 spiro atoms. The molecule has 222 valence electrons. The van der Waals surface area contributed by atoms with E-state index >= 15 is 0 Å². The Labute approximate surface area is 249 Å². The van der Waals surface area contributed by atoms with Gasteiger partial charge in [0.15, 0.2) is 0 Å². The van der Waals surface area contributed by atoms with Crippen molar-refractivity contribution in [3.63, 3.8) is 0 Å². The highest BCUT2D eigenvalue weighted by molar-refractivity contribution is 5.94. The Balaban J connectivity index is 1.71. The molecule has 4 nitrogen and oxygen atoms in total. The maximum atomic E-state index is 13.8. The molecule has 0 fully saturated rings. The molecule has 0 aromatic heterocycles. The molecule has 0 unspecified atom stereocenters. The number of methoxy groups -OCH3 is 1. The largest absolute Gasteiger partial charge is 0.497 e. The van der Waals surface area contributed by atoms with E-state index in [9.17, 15) is 4.79 Å². The summed E-state index contributed by atoms with van der Waals surface area (Å²) in [6, 6.07) is 25.1. The van der Waals surface area contributed by atoms with Crippen LogP contribution in [0.25, 0.3) is 11.1 Å². The summed E-state index contributed by atoms with van der Waals surface area (Å²) in [5, 5.41) is 0. The Morgan fingerprint density at radius 1 is 0.610 bits per heavy atom. The second-order valence-electron chi connectivity index (χ2n) is 11.2. The minimum Gasteiger partial charge on any atom is -0.497 e. The van der Waals surface area contributed by atoms with Crippen molar-refractivity contribution in [2.24, 2.45) is 0 Å². The summed E-state index contributed by atoms with van der Waals surface area (Å²) < 4.78 is 5.30. The van der Waals surface area contributed by atoms with Gasteiger partial charge in [0.25, 0.3) is 5.91 Å². The van der Waals surface area contributed by atoms with E-state index in [1.807, 2.05) is 29.2 Å². The lowest BCUT2D eigenvalue weighted by molar-refractivity contribution is 0.0734. The number of unbranched alkanes of at least 4 members (excludes halogenated alkanes) is 4. The van der Waals surface area contributed by atoms with E-state index in [4.69, 9.17) is 4.74 Å². The Morgan fingerprint density at radius 2 is 1.15 bits per heavy atom. The van der Waals surface area contributed by atoms with Gasteiger partial charge in [-0.2, -0.15) is 0 Å². The van der Waals surface area contributed by atoms with E-state index in [0.29, 0.717) is 6.54 Å². The van der Waals surface area contributed by atoms with Crippen LogP contribution >= 0.6 is 0 Å². The highest BCUT2D eigenvalue weighted by atomic mass is 16.5. The quantitative estimate of drug-likeness (QED) is 0.138. The van der Waals surface area contributed by atoms with Crippen LogP contribution in [-0.2, 0) is 13.0 Å². The van der Waals surface area contributed by atoms with Crippen LogP contribution in [0.4, 0.5) is 0 Å². The molecule has 0 aliphatic heterocycles. The number of carbonyl (C=O) groups is 1. The number of hydrogen-bond acceptors (Lipinski definition) is 3. The Morgan fingerprint density at radius 3 is 1.71 bits per heavy atom. The first kappa shape index (κ1) is 32.4. The zero-order valence-electron chi connectivity index (χ0n) is 26.0. The molecule has 3 aromatic rings. The van der Waals surface area contributed by atoms with Crippen molar-refractivity contribution in [2.75, 3.05) is 33.3 Å². The third-order valence-corrected chi connectivity index (χ3v) is 7.87. The predicted octanol–water partition coefficient (Wildman–Crippen LogP) is 9.03. The molecule has 0 atom stereocenters. The third-order valence-electron chi connectivity index (χ3n) is 7.87. The lowest BCUT2D eigenvalue weighted by Gasteiger charge is -2.26. The molecular formula is C37H52N2O2. The fourth-order valence-corrected chi connectivity index (χ4v) is 5.22. The first-order valence-corrected chi connectivity index (χ1v) is 15.9. The molecule has 1 amide bonds. The molecule has 41 heavy (non-hydrogen) atoms. The van der Waals surface area contributed by atoms with Crippen LogP contribution in [0.15, 0.2) is 72.8 Å². The molecule has 4 heteroatoms. The van der Waals surface area contributed by atoms with E-state index in [1.165, 1.54) is 50.5 Å². The second kappa shape index (κ2) is 18.3. The van der Waals surface area contributed by atoms with Crippen molar-refractivity contribution in [3.05, 3.63) is 89.5 Å².